The van der Waals surface area contributed by atoms with Crippen molar-refractivity contribution in [2.24, 2.45) is 0 Å². The molecule has 0 aromatic heterocycles. The maximum Gasteiger partial charge on any atom is 0.0726 e. The average Bonchev–Trinajstić information content (AvgIpc) is 3.79. The smallest absolute Gasteiger partial charge is 0.0726 e. The fourth-order valence-electron chi connectivity index (χ4n) is 9.22. The highest BCUT2D eigenvalue weighted by Crippen LogP contribution is 2.64. The van der Waals surface area contributed by atoms with E-state index in [1.54, 1.807) is 0 Å². The zero-order valence-electron chi connectivity index (χ0n) is 35.9. The highest BCUT2D eigenvalue weighted by atomic mass is 15.1. The first-order chi connectivity index (χ1) is 30.4. The Labute approximate surface area is 341 Å². The third-order valence-electron chi connectivity index (χ3n) is 11.5. The summed E-state index contributed by atoms with van der Waals surface area (Å²) in [5.74, 6) is 0. The molecule has 0 saturated heterocycles. The minimum Gasteiger partial charge on any atom is -0.310 e. The first-order valence-electron chi connectivity index (χ1n) is 21.8. The van der Waals surface area contributed by atoms with Gasteiger partial charge < -0.3 is 9.80 Å². The van der Waals surface area contributed by atoms with Gasteiger partial charge in [0.25, 0.3) is 0 Å². The molecular formula is C55H38N2. The fraction of sp³-hybridized carbons (Fsp3) is 0.0182. The van der Waals surface area contributed by atoms with Crippen molar-refractivity contribution in [2.45, 2.75) is 5.41 Å². The lowest BCUT2D eigenvalue weighted by Gasteiger charge is -2.32. The Morgan fingerprint density at radius 3 is 1.46 bits per heavy atom. The molecule has 2 heteroatoms. The monoisotopic (exact) mass is 731 g/mol. The number of anilines is 6. The van der Waals surface area contributed by atoms with E-state index in [2.05, 4.69) is 157 Å². The molecule has 2 nitrogen and oxygen atoms in total. The summed E-state index contributed by atoms with van der Waals surface area (Å²) in [5, 5.41) is 0. The van der Waals surface area contributed by atoms with Gasteiger partial charge in [0, 0.05) is 34.1 Å². The standard InChI is InChI=1S/C55H38N2/c1-5-18-39(19-6-1)40-20-17-27-44(36-40)57(43-25-11-4-12-26-43)45-33-35-53-50(37-45)48-29-14-16-31-52(48)55(53)51-30-15-13-28-47(51)49-34-32-46(38-54(49)55)56(41-21-7-2-8-22-41)42-23-9-3-10-24-42/h1-38H/i2D,7D,8D,21D,22D. The number of rotatable bonds is 7. The summed E-state index contributed by atoms with van der Waals surface area (Å²) in [4.78, 5) is 4.14. The zero-order chi connectivity index (χ0) is 42.1. The summed E-state index contributed by atoms with van der Waals surface area (Å²) in [6.07, 6.45) is 0. The van der Waals surface area contributed by atoms with E-state index in [9.17, 15) is 0 Å². The minimum atomic E-state index is -0.709. The normalized spacial score (nSPS) is 15.6. The Hall–Kier alpha value is -7.42. The molecule has 2 aliphatic carbocycles. The molecule has 11 rings (SSSR count). The van der Waals surface area contributed by atoms with Gasteiger partial charge in [0.15, 0.2) is 0 Å². The SMILES string of the molecule is [2H]c1c([2H])c([2H])c(N(c2ccccc2)c2ccc3c(c2)C2(c4ccccc4-c4cc(N(c5ccccc5)c5cccc(-c6ccccc6)c5)ccc42)c2ccccc2-3)c([2H])c1[2H]. The van der Waals surface area contributed by atoms with E-state index < -0.39 is 11.5 Å². The molecule has 9 aromatic rings. The molecule has 0 amide bonds. The van der Waals surface area contributed by atoms with Gasteiger partial charge in [-0.25, -0.2) is 0 Å². The maximum atomic E-state index is 9.09. The molecule has 0 bridgehead atoms. The summed E-state index contributed by atoms with van der Waals surface area (Å²) < 4.78 is 43.8. The van der Waals surface area contributed by atoms with Gasteiger partial charge >= 0.3 is 0 Å². The number of para-hydroxylation sites is 3. The minimum absolute atomic E-state index is 0.0981. The van der Waals surface area contributed by atoms with Crippen molar-refractivity contribution in [3.63, 3.8) is 0 Å². The van der Waals surface area contributed by atoms with Crippen LogP contribution in [0.4, 0.5) is 34.1 Å². The van der Waals surface area contributed by atoms with Gasteiger partial charge in [0.2, 0.25) is 0 Å². The first-order valence-corrected chi connectivity index (χ1v) is 19.3. The summed E-state index contributed by atoms with van der Waals surface area (Å²) in [6.45, 7) is 0. The van der Waals surface area contributed by atoms with Crippen LogP contribution < -0.4 is 9.80 Å². The summed E-state index contributed by atoms with van der Waals surface area (Å²) >= 11 is 0. The van der Waals surface area contributed by atoms with Gasteiger partial charge in [0.05, 0.1) is 12.3 Å². The Bertz CT molecular complexity index is 3180. The predicted octanol–water partition coefficient (Wildman–Crippen LogP) is 14.6. The van der Waals surface area contributed by atoms with Crippen LogP contribution in [0.25, 0.3) is 33.4 Å². The topological polar surface area (TPSA) is 6.48 Å². The van der Waals surface area contributed by atoms with Crippen molar-refractivity contribution < 1.29 is 6.85 Å². The van der Waals surface area contributed by atoms with Crippen molar-refractivity contribution in [1.29, 1.82) is 0 Å². The molecule has 57 heavy (non-hydrogen) atoms. The van der Waals surface area contributed by atoms with Gasteiger partial charge in [-0.1, -0.05) is 158 Å². The van der Waals surface area contributed by atoms with E-state index >= 15 is 0 Å². The molecule has 1 atom stereocenters. The third-order valence-corrected chi connectivity index (χ3v) is 11.5. The van der Waals surface area contributed by atoms with Gasteiger partial charge in [-0.05, 0) is 128 Å². The fourth-order valence-corrected chi connectivity index (χ4v) is 9.22. The van der Waals surface area contributed by atoms with Crippen LogP contribution in [0.15, 0.2) is 230 Å². The second-order valence-electron chi connectivity index (χ2n) is 14.5. The number of benzene rings is 9. The van der Waals surface area contributed by atoms with Crippen LogP contribution in [0.2, 0.25) is 0 Å². The molecular weight excluding hydrogens is 689 g/mol. The van der Waals surface area contributed by atoms with E-state index in [-0.39, 0.29) is 29.9 Å². The van der Waals surface area contributed by atoms with Crippen LogP contribution in [0.1, 0.15) is 29.1 Å². The molecule has 268 valence electrons. The van der Waals surface area contributed by atoms with Crippen molar-refractivity contribution in [2.75, 3.05) is 9.80 Å². The second kappa shape index (κ2) is 13.4. The molecule has 0 heterocycles. The van der Waals surface area contributed by atoms with Crippen LogP contribution in [0.3, 0.4) is 0 Å². The van der Waals surface area contributed by atoms with Crippen molar-refractivity contribution in [3.05, 3.63) is 253 Å². The van der Waals surface area contributed by atoms with E-state index in [0.29, 0.717) is 11.4 Å². The molecule has 0 fully saturated rings. The van der Waals surface area contributed by atoms with Gasteiger partial charge in [-0.2, -0.15) is 0 Å². The highest BCUT2D eigenvalue weighted by molar-refractivity contribution is 5.97. The number of fused-ring (bicyclic) bond motifs is 10. The van der Waals surface area contributed by atoms with Gasteiger partial charge in [-0.15, -0.1) is 0 Å². The number of hydrogen-bond donors (Lipinski definition) is 0. The Kier molecular flexibility index (Phi) is 6.60. The molecule has 0 aliphatic heterocycles. The van der Waals surface area contributed by atoms with Gasteiger partial charge in [-0.3, -0.25) is 0 Å². The summed E-state index contributed by atoms with van der Waals surface area (Å²) in [5.41, 5.74) is 15.3. The quantitative estimate of drug-likeness (QED) is 0.161. The Morgan fingerprint density at radius 1 is 0.298 bits per heavy atom. The van der Waals surface area contributed by atoms with Gasteiger partial charge in [0.1, 0.15) is 0 Å². The Morgan fingerprint density at radius 2 is 0.772 bits per heavy atom. The van der Waals surface area contributed by atoms with Crippen LogP contribution >= 0.6 is 0 Å². The lowest BCUT2D eigenvalue weighted by molar-refractivity contribution is 0.793. The van der Waals surface area contributed by atoms with Crippen molar-refractivity contribution in [3.8, 4) is 33.4 Å². The lowest BCUT2D eigenvalue weighted by atomic mass is 9.70. The van der Waals surface area contributed by atoms with Crippen LogP contribution in [0, 0.1) is 0 Å². The zero-order valence-corrected chi connectivity index (χ0v) is 30.9. The van der Waals surface area contributed by atoms with Crippen LogP contribution in [0.5, 0.6) is 0 Å². The average molecular weight is 732 g/mol. The number of nitrogens with zero attached hydrogens (tertiary/aromatic N) is 2. The Balaban J connectivity index is 1.15. The highest BCUT2D eigenvalue weighted by Gasteiger charge is 2.52. The first kappa shape index (κ1) is 28.1. The lowest BCUT2D eigenvalue weighted by Crippen LogP contribution is -2.26. The largest absolute Gasteiger partial charge is 0.310 e. The van der Waals surface area contributed by atoms with E-state index in [1.165, 1.54) is 11.1 Å². The molecule has 2 aliphatic rings. The van der Waals surface area contributed by atoms with Crippen LogP contribution in [-0.4, -0.2) is 0 Å². The van der Waals surface area contributed by atoms with Crippen molar-refractivity contribution in [1.82, 2.24) is 0 Å². The summed E-state index contributed by atoms with van der Waals surface area (Å²) in [6, 6.07) is 68.0. The van der Waals surface area contributed by atoms with Crippen LogP contribution in [-0.2, 0) is 5.41 Å². The van der Waals surface area contributed by atoms with E-state index in [4.69, 9.17) is 6.85 Å². The third kappa shape index (κ3) is 5.18. The molecule has 0 N–H and O–H groups in total. The predicted molar refractivity (Wildman–Crippen MR) is 238 cm³/mol. The second-order valence-corrected chi connectivity index (χ2v) is 14.5. The maximum absolute atomic E-state index is 9.09. The molecule has 0 radical (unpaired) electrons. The molecule has 0 saturated carbocycles. The molecule has 9 aromatic carbocycles. The number of hydrogen-bond acceptors (Lipinski definition) is 2. The molecule has 1 unspecified atom stereocenters. The van der Waals surface area contributed by atoms with E-state index in [1.807, 2.05) is 53.4 Å². The summed E-state index contributed by atoms with van der Waals surface area (Å²) in [7, 11) is 0. The van der Waals surface area contributed by atoms with E-state index in [0.717, 1.165) is 61.6 Å². The van der Waals surface area contributed by atoms with Crippen molar-refractivity contribution >= 4 is 34.1 Å². The molecule has 1 spiro atoms.